The second-order valence-electron chi connectivity index (χ2n) is 7.15. The maximum absolute atomic E-state index is 12.8. The van der Waals surface area contributed by atoms with Crippen molar-refractivity contribution in [1.82, 2.24) is 10.3 Å². The van der Waals surface area contributed by atoms with Gasteiger partial charge in [0, 0.05) is 42.4 Å². The Kier molecular flexibility index (Phi) is 5.95. The van der Waals surface area contributed by atoms with E-state index in [2.05, 4.69) is 10.3 Å². The van der Waals surface area contributed by atoms with Crippen LogP contribution >= 0.6 is 0 Å². The van der Waals surface area contributed by atoms with Crippen LogP contribution in [0, 0.1) is 0 Å². The van der Waals surface area contributed by atoms with E-state index in [1.807, 2.05) is 36.4 Å². The van der Waals surface area contributed by atoms with Gasteiger partial charge < -0.3 is 14.5 Å². The van der Waals surface area contributed by atoms with Crippen molar-refractivity contribution in [1.29, 1.82) is 0 Å². The molecule has 1 N–H and O–H groups in total. The van der Waals surface area contributed by atoms with Crippen molar-refractivity contribution in [3.8, 4) is 17.1 Å². The number of alkyl halides is 3. The number of methoxy groups -OCH3 is 1. The second-order valence-corrected chi connectivity index (χ2v) is 7.15. The fourth-order valence-corrected chi connectivity index (χ4v) is 3.39. The van der Waals surface area contributed by atoms with Crippen LogP contribution in [0.25, 0.3) is 22.3 Å². The predicted molar refractivity (Wildman–Crippen MR) is 113 cm³/mol. The van der Waals surface area contributed by atoms with E-state index in [4.69, 9.17) is 9.15 Å². The molecule has 4 rings (SSSR count). The zero-order chi connectivity index (χ0) is 21.8. The lowest BCUT2D eigenvalue weighted by Gasteiger charge is -2.07. The standard InChI is InChI=1S/C24H21F3N2O2/c1-30-22-13-16(15-28-11-9-20-4-2-3-10-29-20)12-18-14-21(31-23(18)22)17-5-7-19(8-6-17)24(25,26)27/h2-8,10,12-14,28H,9,11,15H2,1H3. The molecule has 4 nitrogen and oxygen atoms in total. The molecule has 0 unspecified atom stereocenters. The molecule has 0 aliphatic rings. The highest BCUT2D eigenvalue weighted by Gasteiger charge is 2.30. The fourth-order valence-electron chi connectivity index (χ4n) is 3.39. The van der Waals surface area contributed by atoms with Crippen molar-refractivity contribution < 1.29 is 22.3 Å². The van der Waals surface area contributed by atoms with E-state index in [0.29, 0.717) is 29.2 Å². The Morgan fingerprint density at radius 2 is 1.84 bits per heavy atom. The van der Waals surface area contributed by atoms with Gasteiger partial charge in [-0.2, -0.15) is 13.2 Å². The molecule has 0 saturated heterocycles. The molecule has 2 aromatic heterocycles. The summed E-state index contributed by atoms with van der Waals surface area (Å²) in [6, 6.07) is 16.5. The Balaban J connectivity index is 1.51. The summed E-state index contributed by atoms with van der Waals surface area (Å²) in [5, 5.41) is 4.22. The summed E-state index contributed by atoms with van der Waals surface area (Å²) in [4.78, 5) is 4.31. The molecule has 0 aliphatic carbocycles. The van der Waals surface area contributed by atoms with Gasteiger partial charge in [0.1, 0.15) is 5.76 Å². The highest BCUT2D eigenvalue weighted by atomic mass is 19.4. The van der Waals surface area contributed by atoms with E-state index < -0.39 is 11.7 Å². The first-order valence-corrected chi connectivity index (χ1v) is 9.83. The zero-order valence-electron chi connectivity index (χ0n) is 16.9. The van der Waals surface area contributed by atoms with Gasteiger partial charge in [0.05, 0.1) is 12.7 Å². The second kappa shape index (κ2) is 8.81. The Hall–Kier alpha value is -3.32. The molecule has 0 amide bonds. The summed E-state index contributed by atoms with van der Waals surface area (Å²) in [5.74, 6) is 1.07. The molecule has 0 aliphatic heterocycles. The van der Waals surface area contributed by atoms with Gasteiger partial charge in [0.15, 0.2) is 11.3 Å². The third-order valence-electron chi connectivity index (χ3n) is 4.97. The minimum Gasteiger partial charge on any atom is -0.493 e. The Bertz CT molecular complexity index is 1150. The van der Waals surface area contributed by atoms with Crippen LogP contribution < -0.4 is 10.1 Å². The lowest BCUT2D eigenvalue weighted by Crippen LogP contribution is -2.17. The van der Waals surface area contributed by atoms with Crippen LogP contribution in [0.2, 0.25) is 0 Å². The van der Waals surface area contributed by atoms with Crippen LogP contribution in [0.15, 0.2) is 71.3 Å². The van der Waals surface area contributed by atoms with Crippen molar-refractivity contribution in [2.45, 2.75) is 19.1 Å². The Morgan fingerprint density at radius 1 is 1.03 bits per heavy atom. The van der Waals surface area contributed by atoms with Crippen LogP contribution in [0.1, 0.15) is 16.8 Å². The molecule has 0 spiro atoms. The van der Waals surface area contributed by atoms with Gasteiger partial charge in [0.2, 0.25) is 0 Å². The highest BCUT2D eigenvalue weighted by Crippen LogP contribution is 2.36. The normalized spacial score (nSPS) is 11.7. The average molecular weight is 426 g/mol. The number of furan rings is 1. The fraction of sp³-hybridized carbons (Fsp3) is 0.208. The lowest BCUT2D eigenvalue weighted by atomic mass is 10.1. The van der Waals surface area contributed by atoms with Gasteiger partial charge in [-0.15, -0.1) is 0 Å². The first-order chi connectivity index (χ1) is 14.9. The zero-order valence-corrected chi connectivity index (χ0v) is 16.9. The number of ether oxygens (including phenoxy) is 1. The Labute approximate surface area is 177 Å². The number of hydrogen-bond acceptors (Lipinski definition) is 4. The number of rotatable bonds is 7. The predicted octanol–water partition coefficient (Wildman–Crippen LogP) is 5.85. The number of nitrogens with zero attached hydrogens (tertiary/aromatic N) is 1. The monoisotopic (exact) mass is 426 g/mol. The number of aromatic nitrogens is 1. The van der Waals surface area contributed by atoms with Crippen LogP contribution in [0.3, 0.4) is 0 Å². The first kappa shape index (κ1) is 20.9. The van der Waals surface area contributed by atoms with Crippen LogP contribution in [-0.4, -0.2) is 18.6 Å². The van der Waals surface area contributed by atoms with Crippen LogP contribution in [0.4, 0.5) is 13.2 Å². The van der Waals surface area contributed by atoms with E-state index in [-0.39, 0.29) is 0 Å². The molecular formula is C24H21F3N2O2. The van der Waals surface area contributed by atoms with Gasteiger partial charge >= 0.3 is 6.18 Å². The smallest absolute Gasteiger partial charge is 0.416 e. The lowest BCUT2D eigenvalue weighted by molar-refractivity contribution is -0.137. The van der Waals surface area contributed by atoms with Gasteiger partial charge in [-0.05, 0) is 48.0 Å². The largest absolute Gasteiger partial charge is 0.493 e. The molecule has 0 fully saturated rings. The molecule has 0 atom stereocenters. The van der Waals surface area contributed by atoms with Crippen LogP contribution in [0.5, 0.6) is 5.75 Å². The van der Waals surface area contributed by atoms with E-state index in [1.165, 1.54) is 12.1 Å². The van der Waals surface area contributed by atoms with Crippen LogP contribution in [-0.2, 0) is 19.1 Å². The molecule has 2 heterocycles. The van der Waals surface area contributed by atoms with Crippen molar-refractivity contribution in [3.63, 3.8) is 0 Å². The summed E-state index contributed by atoms with van der Waals surface area (Å²) in [6.07, 6.45) is -1.76. The molecule has 7 heteroatoms. The number of nitrogens with one attached hydrogen (secondary N) is 1. The van der Waals surface area contributed by atoms with E-state index in [9.17, 15) is 13.2 Å². The number of pyridine rings is 1. The summed E-state index contributed by atoms with van der Waals surface area (Å²) in [7, 11) is 1.56. The maximum Gasteiger partial charge on any atom is 0.416 e. The van der Waals surface area contributed by atoms with Gasteiger partial charge in [-0.1, -0.05) is 18.2 Å². The maximum atomic E-state index is 12.8. The molecule has 31 heavy (non-hydrogen) atoms. The summed E-state index contributed by atoms with van der Waals surface area (Å²) in [5.41, 5.74) is 2.49. The topological polar surface area (TPSA) is 47.3 Å². The number of fused-ring (bicyclic) bond motifs is 1. The Morgan fingerprint density at radius 3 is 2.52 bits per heavy atom. The minimum atomic E-state index is -4.37. The first-order valence-electron chi connectivity index (χ1n) is 9.83. The SMILES string of the molecule is COc1cc(CNCCc2ccccn2)cc2cc(-c3ccc(C(F)(F)F)cc3)oc12. The average Bonchev–Trinajstić information content (AvgIpc) is 3.20. The summed E-state index contributed by atoms with van der Waals surface area (Å²) < 4.78 is 49.8. The molecule has 0 radical (unpaired) electrons. The molecule has 0 bridgehead atoms. The van der Waals surface area contributed by atoms with Crippen molar-refractivity contribution in [2.75, 3.05) is 13.7 Å². The summed E-state index contributed by atoms with van der Waals surface area (Å²) >= 11 is 0. The van der Waals surface area contributed by atoms with E-state index in [1.54, 1.807) is 13.3 Å². The van der Waals surface area contributed by atoms with Gasteiger partial charge in [0.25, 0.3) is 0 Å². The van der Waals surface area contributed by atoms with Crippen molar-refractivity contribution >= 4 is 11.0 Å². The highest BCUT2D eigenvalue weighted by molar-refractivity contribution is 5.88. The van der Waals surface area contributed by atoms with Crippen molar-refractivity contribution in [2.24, 2.45) is 0 Å². The molecule has 160 valence electrons. The van der Waals surface area contributed by atoms with E-state index in [0.717, 1.165) is 41.7 Å². The molecule has 0 saturated carbocycles. The minimum absolute atomic E-state index is 0.488. The number of hydrogen-bond donors (Lipinski definition) is 1. The quantitative estimate of drug-likeness (QED) is 0.376. The third kappa shape index (κ3) is 4.88. The van der Waals surface area contributed by atoms with E-state index >= 15 is 0 Å². The molecular weight excluding hydrogens is 405 g/mol. The van der Waals surface area contributed by atoms with Crippen molar-refractivity contribution in [3.05, 3.63) is 83.7 Å². The van der Waals surface area contributed by atoms with Gasteiger partial charge in [-0.25, -0.2) is 0 Å². The summed E-state index contributed by atoms with van der Waals surface area (Å²) in [6.45, 7) is 1.42. The number of halogens is 3. The number of benzene rings is 2. The molecule has 2 aromatic carbocycles. The third-order valence-corrected chi connectivity index (χ3v) is 4.97. The van der Waals surface area contributed by atoms with Gasteiger partial charge in [-0.3, -0.25) is 4.98 Å². The molecule has 4 aromatic rings.